The maximum atomic E-state index is 3.90. The van der Waals surface area contributed by atoms with Gasteiger partial charge in [-0.2, -0.15) is 0 Å². The molecule has 0 amide bonds. The van der Waals surface area contributed by atoms with E-state index in [4.69, 9.17) is 0 Å². The molecule has 0 atom stereocenters. The topological polar surface area (TPSA) is 12.0 Å². The largest absolute Gasteiger partial charge is 0.313 e. The van der Waals surface area contributed by atoms with Crippen LogP contribution in [0.1, 0.15) is 77.6 Å². The normalized spacial score (nSPS) is 26.8. The summed E-state index contributed by atoms with van der Waals surface area (Å²) < 4.78 is 0. The molecule has 2 aliphatic carbocycles. The van der Waals surface area contributed by atoms with Crippen LogP contribution in [-0.4, -0.2) is 12.6 Å². The molecule has 2 aliphatic rings. The number of nitrogens with one attached hydrogen (secondary N) is 1. The first-order chi connectivity index (χ1) is 7.85. The van der Waals surface area contributed by atoms with Gasteiger partial charge in [-0.05, 0) is 37.5 Å². The first-order valence-electron chi connectivity index (χ1n) is 7.58. The van der Waals surface area contributed by atoms with Crippen LogP contribution in [0.15, 0.2) is 0 Å². The standard InChI is InChI=1S/C15H29N/c1-2-15(11-7-8-12-15)13-16-14-9-5-3-4-6-10-14/h14,16H,2-13H2,1H3. The summed E-state index contributed by atoms with van der Waals surface area (Å²) in [6.45, 7) is 3.69. The van der Waals surface area contributed by atoms with E-state index >= 15 is 0 Å². The Hall–Kier alpha value is -0.0400. The molecule has 1 nitrogen and oxygen atoms in total. The van der Waals surface area contributed by atoms with E-state index in [1.807, 2.05) is 0 Å². The van der Waals surface area contributed by atoms with Gasteiger partial charge < -0.3 is 5.32 Å². The average Bonchev–Trinajstić information content (AvgIpc) is 2.63. The van der Waals surface area contributed by atoms with E-state index in [0.29, 0.717) is 5.41 Å². The number of hydrogen-bond donors (Lipinski definition) is 1. The van der Waals surface area contributed by atoms with Gasteiger partial charge in [-0.1, -0.05) is 45.4 Å². The van der Waals surface area contributed by atoms with Crippen molar-refractivity contribution >= 4 is 0 Å². The van der Waals surface area contributed by atoms with Gasteiger partial charge in [-0.15, -0.1) is 0 Å². The van der Waals surface area contributed by atoms with Crippen LogP contribution in [-0.2, 0) is 0 Å². The summed E-state index contributed by atoms with van der Waals surface area (Å²) in [7, 11) is 0. The van der Waals surface area contributed by atoms with E-state index in [-0.39, 0.29) is 0 Å². The number of rotatable bonds is 4. The molecule has 0 aromatic rings. The van der Waals surface area contributed by atoms with Crippen molar-refractivity contribution < 1.29 is 0 Å². The minimum atomic E-state index is 0.673. The Morgan fingerprint density at radius 2 is 1.56 bits per heavy atom. The molecule has 0 saturated heterocycles. The van der Waals surface area contributed by atoms with Crippen molar-refractivity contribution in [3.63, 3.8) is 0 Å². The molecule has 0 unspecified atom stereocenters. The predicted molar refractivity (Wildman–Crippen MR) is 70.7 cm³/mol. The lowest BCUT2D eigenvalue weighted by Gasteiger charge is -2.30. The molecule has 0 spiro atoms. The van der Waals surface area contributed by atoms with Crippen LogP contribution in [0.5, 0.6) is 0 Å². The highest BCUT2D eigenvalue weighted by Crippen LogP contribution is 2.40. The maximum Gasteiger partial charge on any atom is 0.00672 e. The molecular formula is C15H29N. The summed E-state index contributed by atoms with van der Waals surface area (Å²) in [6, 6.07) is 0.839. The molecule has 2 saturated carbocycles. The third kappa shape index (κ3) is 3.23. The van der Waals surface area contributed by atoms with Gasteiger partial charge in [0.05, 0.1) is 0 Å². The summed E-state index contributed by atoms with van der Waals surface area (Å²) >= 11 is 0. The predicted octanol–water partition coefficient (Wildman–Crippen LogP) is 4.27. The summed E-state index contributed by atoms with van der Waals surface area (Å²) in [5.41, 5.74) is 0.673. The SMILES string of the molecule is CCC1(CNC2CCCCCC2)CCCC1. The van der Waals surface area contributed by atoms with Gasteiger partial charge >= 0.3 is 0 Å². The van der Waals surface area contributed by atoms with Crippen molar-refractivity contribution in [2.24, 2.45) is 5.41 Å². The van der Waals surface area contributed by atoms with E-state index in [0.717, 1.165) is 6.04 Å². The van der Waals surface area contributed by atoms with Crippen molar-refractivity contribution in [2.75, 3.05) is 6.54 Å². The summed E-state index contributed by atoms with van der Waals surface area (Å²) in [5, 5.41) is 3.90. The van der Waals surface area contributed by atoms with Crippen molar-refractivity contribution in [1.29, 1.82) is 0 Å². The van der Waals surface area contributed by atoms with Crippen LogP contribution < -0.4 is 5.32 Å². The highest BCUT2D eigenvalue weighted by atomic mass is 14.9. The van der Waals surface area contributed by atoms with Crippen molar-refractivity contribution in [3.8, 4) is 0 Å². The summed E-state index contributed by atoms with van der Waals surface area (Å²) in [5.74, 6) is 0. The zero-order chi connectivity index (χ0) is 11.3. The lowest BCUT2D eigenvalue weighted by molar-refractivity contribution is 0.250. The van der Waals surface area contributed by atoms with Gasteiger partial charge in [-0.3, -0.25) is 0 Å². The van der Waals surface area contributed by atoms with E-state index in [9.17, 15) is 0 Å². The fraction of sp³-hybridized carbons (Fsp3) is 1.00. The highest BCUT2D eigenvalue weighted by molar-refractivity contribution is 4.87. The zero-order valence-electron chi connectivity index (χ0n) is 11.1. The second-order valence-corrected chi connectivity index (χ2v) is 6.13. The number of hydrogen-bond acceptors (Lipinski definition) is 1. The highest BCUT2D eigenvalue weighted by Gasteiger charge is 2.32. The maximum absolute atomic E-state index is 3.90. The molecule has 0 heterocycles. The second-order valence-electron chi connectivity index (χ2n) is 6.13. The first kappa shape index (κ1) is 12.4. The Morgan fingerprint density at radius 3 is 2.12 bits per heavy atom. The molecule has 2 rings (SSSR count). The monoisotopic (exact) mass is 223 g/mol. The molecule has 0 bridgehead atoms. The Bertz CT molecular complexity index is 186. The fourth-order valence-corrected chi connectivity index (χ4v) is 3.62. The Morgan fingerprint density at radius 1 is 0.938 bits per heavy atom. The summed E-state index contributed by atoms with van der Waals surface area (Å²) in [6.07, 6.45) is 16.0. The summed E-state index contributed by atoms with van der Waals surface area (Å²) in [4.78, 5) is 0. The van der Waals surface area contributed by atoms with Gasteiger partial charge in [0.2, 0.25) is 0 Å². The molecule has 0 aliphatic heterocycles. The van der Waals surface area contributed by atoms with E-state index in [1.165, 1.54) is 77.2 Å². The Kier molecular flexibility index (Phi) is 4.69. The molecule has 16 heavy (non-hydrogen) atoms. The molecule has 0 aromatic heterocycles. The molecule has 0 aromatic carbocycles. The lowest BCUT2D eigenvalue weighted by atomic mass is 9.83. The Labute approximate surface area is 101 Å². The molecule has 0 radical (unpaired) electrons. The first-order valence-corrected chi connectivity index (χ1v) is 7.58. The van der Waals surface area contributed by atoms with Crippen molar-refractivity contribution in [1.82, 2.24) is 5.32 Å². The molecule has 1 N–H and O–H groups in total. The van der Waals surface area contributed by atoms with Crippen LogP contribution in [0.4, 0.5) is 0 Å². The second kappa shape index (κ2) is 6.05. The van der Waals surface area contributed by atoms with Gasteiger partial charge in [0.1, 0.15) is 0 Å². The van der Waals surface area contributed by atoms with Crippen LogP contribution in [0.3, 0.4) is 0 Å². The van der Waals surface area contributed by atoms with Gasteiger partial charge in [0.25, 0.3) is 0 Å². The van der Waals surface area contributed by atoms with Crippen LogP contribution in [0.2, 0.25) is 0 Å². The van der Waals surface area contributed by atoms with Gasteiger partial charge in [-0.25, -0.2) is 0 Å². The molecular weight excluding hydrogens is 194 g/mol. The third-order valence-corrected chi connectivity index (χ3v) is 5.04. The Balaban J connectivity index is 1.76. The minimum Gasteiger partial charge on any atom is -0.313 e. The van der Waals surface area contributed by atoms with Crippen LogP contribution in [0, 0.1) is 5.41 Å². The molecule has 94 valence electrons. The van der Waals surface area contributed by atoms with E-state index in [1.54, 1.807) is 0 Å². The molecule has 1 heteroatoms. The van der Waals surface area contributed by atoms with Crippen LogP contribution in [0.25, 0.3) is 0 Å². The smallest absolute Gasteiger partial charge is 0.00672 e. The minimum absolute atomic E-state index is 0.673. The third-order valence-electron chi connectivity index (χ3n) is 5.04. The molecule has 2 fully saturated rings. The van der Waals surface area contributed by atoms with Gasteiger partial charge in [0.15, 0.2) is 0 Å². The lowest BCUT2D eigenvalue weighted by Crippen LogP contribution is -2.38. The van der Waals surface area contributed by atoms with Crippen LogP contribution >= 0.6 is 0 Å². The zero-order valence-corrected chi connectivity index (χ0v) is 11.1. The van der Waals surface area contributed by atoms with E-state index in [2.05, 4.69) is 12.2 Å². The van der Waals surface area contributed by atoms with Gasteiger partial charge in [0, 0.05) is 12.6 Å². The fourth-order valence-electron chi connectivity index (χ4n) is 3.62. The van der Waals surface area contributed by atoms with Crippen molar-refractivity contribution in [3.05, 3.63) is 0 Å². The average molecular weight is 223 g/mol. The quantitative estimate of drug-likeness (QED) is 0.702. The van der Waals surface area contributed by atoms with Crippen molar-refractivity contribution in [2.45, 2.75) is 83.6 Å². The van der Waals surface area contributed by atoms with E-state index < -0.39 is 0 Å².